The van der Waals surface area contributed by atoms with Crippen LogP contribution in [0.5, 0.6) is 0 Å². The van der Waals surface area contributed by atoms with Gasteiger partial charge in [0, 0.05) is 29.8 Å². The molecule has 3 aromatic rings. The van der Waals surface area contributed by atoms with Gasteiger partial charge in [0.15, 0.2) is 0 Å². The van der Waals surface area contributed by atoms with Crippen molar-refractivity contribution in [2.45, 2.75) is 0 Å². The molecule has 3 rings (SSSR count). The molecule has 0 saturated carbocycles. The summed E-state index contributed by atoms with van der Waals surface area (Å²) in [6, 6.07) is 5.35. The van der Waals surface area contributed by atoms with Crippen LogP contribution in [0.25, 0.3) is 11.6 Å². The maximum atomic E-state index is 6.20. The molecule has 1 aromatic carbocycles. The first kappa shape index (κ1) is 11.3. The topological polar surface area (TPSA) is 35.6 Å². The molecule has 0 aliphatic rings. The number of benzene rings is 1. The molecule has 0 unspecified atom stereocenters. The van der Waals surface area contributed by atoms with Gasteiger partial charge in [-0.2, -0.15) is 0 Å². The molecule has 0 spiro atoms. The van der Waals surface area contributed by atoms with E-state index in [0.29, 0.717) is 10.0 Å². The van der Waals surface area contributed by atoms with E-state index in [1.54, 1.807) is 30.9 Å². The Bertz CT molecular complexity index is 673. The lowest BCUT2D eigenvalue weighted by atomic mass is 10.3. The van der Waals surface area contributed by atoms with E-state index in [0.717, 1.165) is 11.6 Å². The van der Waals surface area contributed by atoms with Crippen LogP contribution in [-0.4, -0.2) is 19.1 Å². The highest BCUT2D eigenvalue weighted by molar-refractivity contribution is 6.35. The summed E-state index contributed by atoms with van der Waals surface area (Å²) in [5, 5.41) is 1.18. The van der Waals surface area contributed by atoms with Gasteiger partial charge < -0.3 is 0 Å². The molecule has 0 N–H and O–H groups in total. The summed E-state index contributed by atoms with van der Waals surface area (Å²) in [5.41, 5.74) is 0.822. The van der Waals surface area contributed by atoms with Crippen molar-refractivity contribution in [2.24, 2.45) is 0 Å². The highest BCUT2D eigenvalue weighted by atomic mass is 35.5. The maximum absolute atomic E-state index is 6.20. The molecule has 18 heavy (non-hydrogen) atoms. The third kappa shape index (κ3) is 1.89. The van der Waals surface area contributed by atoms with E-state index in [4.69, 9.17) is 23.2 Å². The lowest BCUT2D eigenvalue weighted by Crippen LogP contribution is -2.03. The van der Waals surface area contributed by atoms with E-state index >= 15 is 0 Å². The van der Waals surface area contributed by atoms with Crippen molar-refractivity contribution in [1.29, 1.82) is 0 Å². The summed E-state index contributed by atoms with van der Waals surface area (Å²) in [6.45, 7) is 0. The molecule has 0 bridgehead atoms. The van der Waals surface area contributed by atoms with Crippen LogP contribution in [-0.2, 0) is 0 Å². The monoisotopic (exact) mass is 278 g/mol. The molecule has 0 atom stereocenters. The maximum Gasteiger partial charge on any atom is 0.219 e. The zero-order valence-electron chi connectivity index (χ0n) is 9.16. The highest BCUT2D eigenvalue weighted by Crippen LogP contribution is 2.25. The van der Waals surface area contributed by atoms with E-state index in [1.807, 2.05) is 27.6 Å². The van der Waals surface area contributed by atoms with Gasteiger partial charge in [-0.05, 0) is 18.2 Å². The second kappa shape index (κ2) is 4.48. The van der Waals surface area contributed by atoms with Crippen molar-refractivity contribution in [2.75, 3.05) is 0 Å². The van der Waals surface area contributed by atoms with Crippen LogP contribution in [0.1, 0.15) is 0 Å². The van der Waals surface area contributed by atoms with E-state index in [-0.39, 0.29) is 0 Å². The van der Waals surface area contributed by atoms with Crippen molar-refractivity contribution in [3.63, 3.8) is 0 Å². The Labute approximate surface area is 113 Å². The molecular formula is C12H8Cl2N4. The third-order valence-corrected chi connectivity index (χ3v) is 3.06. The van der Waals surface area contributed by atoms with Crippen molar-refractivity contribution in [3.05, 3.63) is 59.4 Å². The first-order chi connectivity index (χ1) is 8.75. The van der Waals surface area contributed by atoms with E-state index in [9.17, 15) is 0 Å². The molecule has 90 valence electrons. The second-order valence-corrected chi connectivity index (χ2v) is 4.51. The summed E-state index contributed by atoms with van der Waals surface area (Å²) in [5.74, 6) is 0.719. The number of halogens is 2. The minimum Gasteiger partial charge on any atom is -0.284 e. The summed E-state index contributed by atoms with van der Waals surface area (Å²) < 4.78 is 3.69. The number of nitrogens with zero attached hydrogens (tertiary/aromatic N) is 4. The molecule has 0 aliphatic heterocycles. The quantitative estimate of drug-likeness (QED) is 0.721. The van der Waals surface area contributed by atoms with Gasteiger partial charge in [0.1, 0.15) is 6.33 Å². The van der Waals surface area contributed by atoms with Crippen LogP contribution in [0, 0.1) is 0 Å². The lowest BCUT2D eigenvalue weighted by Gasteiger charge is -2.09. The minimum absolute atomic E-state index is 0.571. The minimum atomic E-state index is 0.571. The Morgan fingerprint density at radius 2 is 1.94 bits per heavy atom. The molecule has 4 nitrogen and oxygen atoms in total. The number of rotatable bonds is 2. The number of hydrogen-bond donors (Lipinski definition) is 0. The van der Waals surface area contributed by atoms with Gasteiger partial charge in [0.05, 0.1) is 10.7 Å². The van der Waals surface area contributed by atoms with Crippen LogP contribution < -0.4 is 0 Å². The van der Waals surface area contributed by atoms with Gasteiger partial charge in [0.25, 0.3) is 0 Å². The van der Waals surface area contributed by atoms with Gasteiger partial charge in [-0.25, -0.2) is 9.97 Å². The molecule has 2 heterocycles. The Morgan fingerprint density at radius 3 is 2.67 bits per heavy atom. The summed E-state index contributed by atoms with van der Waals surface area (Å²) in [7, 11) is 0. The van der Waals surface area contributed by atoms with Crippen molar-refractivity contribution in [3.8, 4) is 11.6 Å². The first-order valence-corrected chi connectivity index (χ1v) is 5.98. The van der Waals surface area contributed by atoms with Crippen LogP contribution in [0.4, 0.5) is 0 Å². The molecular weight excluding hydrogens is 271 g/mol. The van der Waals surface area contributed by atoms with Crippen molar-refractivity contribution < 1.29 is 0 Å². The van der Waals surface area contributed by atoms with Crippen LogP contribution in [0.3, 0.4) is 0 Å². The predicted molar refractivity (Wildman–Crippen MR) is 70.7 cm³/mol. The largest absolute Gasteiger partial charge is 0.284 e. The zero-order valence-corrected chi connectivity index (χ0v) is 10.7. The SMILES string of the molecule is Clc1ccc(-n2ccnc2-n2ccnc2)c(Cl)c1. The van der Waals surface area contributed by atoms with Crippen LogP contribution in [0.15, 0.2) is 49.3 Å². The fraction of sp³-hybridized carbons (Fsp3) is 0. The Kier molecular flexibility index (Phi) is 2.81. The molecule has 6 heteroatoms. The Hall–Kier alpha value is -1.78. The van der Waals surface area contributed by atoms with Crippen LogP contribution >= 0.6 is 23.2 Å². The summed E-state index contributed by atoms with van der Waals surface area (Å²) in [4.78, 5) is 8.30. The zero-order chi connectivity index (χ0) is 12.5. The fourth-order valence-corrected chi connectivity index (χ4v) is 2.23. The predicted octanol–water partition coefficient (Wildman–Crippen LogP) is 3.36. The molecule has 2 aromatic heterocycles. The van der Waals surface area contributed by atoms with Gasteiger partial charge in [-0.1, -0.05) is 23.2 Å². The van der Waals surface area contributed by atoms with Gasteiger partial charge >= 0.3 is 0 Å². The molecule has 0 saturated heterocycles. The molecule has 0 fully saturated rings. The average Bonchev–Trinajstić information content (AvgIpc) is 2.98. The van der Waals surface area contributed by atoms with Crippen LogP contribution in [0.2, 0.25) is 10.0 Å². The number of imidazole rings is 2. The first-order valence-electron chi connectivity index (χ1n) is 5.23. The lowest BCUT2D eigenvalue weighted by molar-refractivity contribution is 0.889. The second-order valence-electron chi connectivity index (χ2n) is 3.66. The van der Waals surface area contributed by atoms with E-state index in [1.165, 1.54) is 0 Å². The fourth-order valence-electron chi connectivity index (χ4n) is 1.73. The Balaban J connectivity index is 2.16. The summed E-state index contributed by atoms with van der Waals surface area (Å²) in [6.07, 6.45) is 8.75. The molecule has 0 amide bonds. The van der Waals surface area contributed by atoms with Gasteiger partial charge in [0.2, 0.25) is 5.95 Å². The van der Waals surface area contributed by atoms with E-state index < -0.39 is 0 Å². The van der Waals surface area contributed by atoms with Gasteiger partial charge in [-0.15, -0.1) is 0 Å². The van der Waals surface area contributed by atoms with Crippen molar-refractivity contribution in [1.82, 2.24) is 19.1 Å². The van der Waals surface area contributed by atoms with E-state index in [2.05, 4.69) is 9.97 Å². The number of aromatic nitrogens is 4. The van der Waals surface area contributed by atoms with Crippen molar-refractivity contribution >= 4 is 23.2 Å². The summed E-state index contributed by atoms with van der Waals surface area (Å²) >= 11 is 12.1. The highest BCUT2D eigenvalue weighted by Gasteiger charge is 2.09. The average molecular weight is 279 g/mol. The molecule has 0 aliphatic carbocycles. The molecule has 0 radical (unpaired) electrons. The smallest absolute Gasteiger partial charge is 0.219 e. The number of hydrogen-bond acceptors (Lipinski definition) is 2. The van der Waals surface area contributed by atoms with Gasteiger partial charge in [-0.3, -0.25) is 9.13 Å². The standard InChI is InChI=1S/C12H8Cl2N4/c13-9-1-2-11(10(14)7-9)18-6-4-16-12(18)17-5-3-15-8-17/h1-8H. The Morgan fingerprint density at radius 1 is 1.06 bits per heavy atom. The third-order valence-electron chi connectivity index (χ3n) is 2.53. The normalized spacial score (nSPS) is 10.8.